The molecule has 1 aliphatic carbocycles. The standard InChI is InChI=1S/C12H17NS/c1-3-9(2)13-8-11-7-10-5-4-6-12(10)14-11/h3,7,9,13H,1,4-6,8H2,2H3. The third kappa shape index (κ3) is 2.07. The van der Waals surface area contributed by atoms with Crippen LogP contribution in [0.1, 0.15) is 28.7 Å². The molecule has 0 saturated heterocycles. The SMILES string of the molecule is C=CC(C)NCc1cc2c(s1)CCC2. The van der Waals surface area contributed by atoms with E-state index in [0.717, 1.165) is 6.54 Å². The van der Waals surface area contributed by atoms with Crippen molar-refractivity contribution in [2.75, 3.05) is 0 Å². The van der Waals surface area contributed by atoms with Crippen LogP contribution in [0.3, 0.4) is 0 Å². The Balaban J connectivity index is 1.94. The molecule has 0 fully saturated rings. The first-order valence-electron chi connectivity index (χ1n) is 5.26. The molecule has 0 aliphatic heterocycles. The van der Waals surface area contributed by atoms with Gasteiger partial charge in [0.2, 0.25) is 0 Å². The monoisotopic (exact) mass is 207 g/mol. The molecule has 1 unspecified atom stereocenters. The second-order valence-corrected chi connectivity index (χ2v) is 5.14. The lowest BCUT2D eigenvalue weighted by atomic mass is 10.2. The van der Waals surface area contributed by atoms with Crippen LogP contribution < -0.4 is 5.32 Å². The van der Waals surface area contributed by atoms with Crippen molar-refractivity contribution in [1.29, 1.82) is 0 Å². The molecule has 0 amide bonds. The average molecular weight is 207 g/mol. The molecule has 0 saturated carbocycles. The van der Waals surface area contributed by atoms with Gasteiger partial charge in [0.05, 0.1) is 0 Å². The first-order chi connectivity index (χ1) is 6.79. The fourth-order valence-corrected chi connectivity index (χ4v) is 3.03. The van der Waals surface area contributed by atoms with Gasteiger partial charge in [-0.1, -0.05) is 6.08 Å². The van der Waals surface area contributed by atoms with Crippen molar-refractivity contribution in [1.82, 2.24) is 5.32 Å². The van der Waals surface area contributed by atoms with Gasteiger partial charge in [-0.25, -0.2) is 0 Å². The van der Waals surface area contributed by atoms with Gasteiger partial charge in [-0.05, 0) is 37.8 Å². The zero-order chi connectivity index (χ0) is 9.97. The van der Waals surface area contributed by atoms with Crippen molar-refractivity contribution in [3.05, 3.63) is 34.0 Å². The van der Waals surface area contributed by atoms with Crippen molar-refractivity contribution in [2.45, 2.75) is 38.8 Å². The van der Waals surface area contributed by atoms with Crippen LogP contribution in [-0.4, -0.2) is 6.04 Å². The summed E-state index contributed by atoms with van der Waals surface area (Å²) < 4.78 is 0. The summed E-state index contributed by atoms with van der Waals surface area (Å²) in [5.74, 6) is 0. The summed E-state index contributed by atoms with van der Waals surface area (Å²) in [7, 11) is 0. The lowest BCUT2D eigenvalue weighted by molar-refractivity contribution is 0.639. The van der Waals surface area contributed by atoms with Crippen molar-refractivity contribution in [2.24, 2.45) is 0 Å². The molecule has 1 nitrogen and oxygen atoms in total. The van der Waals surface area contributed by atoms with Crippen molar-refractivity contribution >= 4 is 11.3 Å². The van der Waals surface area contributed by atoms with Crippen LogP contribution in [0.2, 0.25) is 0 Å². The molecule has 0 spiro atoms. The maximum atomic E-state index is 3.76. The summed E-state index contributed by atoms with van der Waals surface area (Å²) in [6, 6.07) is 2.78. The van der Waals surface area contributed by atoms with Gasteiger partial charge in [0.25, 0.3) is 0 Å². The van der Waals surface area contributed by atoms with Crippen LogP contribution in [0.15, 0.2) is 18.7 Å². The van der Waals surface area contributed by atoms with Crippen LogP contribution >= 0.6 is 11.3 Å². The number of aryl methyl sites for hydroxylation is 2. The lowest BCUT2D eigenvalue weighted by Gasteiger charge is -2.06. The van der Waals surface area contributed by atoms with Gasteiger partial charge in [-0.3, -0.25) is 0 Å². The van der Waals surface area contributed by atoms with Gasteiger partial charge < -0.3 is 5.32 Å². The average Bonchev–Trinajstić information content (AvgIpc) is 2.73. The number of rotatable bonds is 4. The van der Waals surface area contributed by atoms with E-state index in [1.54, 1.807) is 10.4 Å². The number of hydrogen-bond acceptors (Lipinski definition) is 2. The number of nitrogens with one attached hydrogen (secondary N) is 1. The minimum atomic E-state index is 0.409. The lowest BCUT2D eigenvalue weighted by Crippen LogP contribution is -2.22. The van der Waals surface area contributed by atoms with Gasteiger partial charge in [0.1, 0.15) is 0 Å². The fourth-order valence-electron chi connectivity index (χ4n) is 1.82. The zero-order valence-electron chi connectivity index (χ0n) is 8.68. The van der Waals surface area contributed by atoms with Crippen molar-refractivity contribution in [3.63, 3.8) is 0 Å². The second-order valence-electron chi connectivity index (χ2n) is 3.92. The largest absolute Gasteiger partial charge is 0.306 e. The van der Waals surface area contributed by atoms with Crippen LogP contribution in [0.5, 0.6) is 0 Å². The first-order valence-corrected chi connectivity index (χ1v) is 6.07. The molecule has 1 aromatic heterocycles. The molecule has 76 valence electrons. The quantitative estimate of drug-likeness (QED) is 0.749. The minimum absolute atomic E-state index is 0.409. The van der Waals surface area contributed by atoms with E-state index in [4.69, 9.17) is 0 Å². The van der Waals surface area contributed by atoms with Crippen LogP contribution in [-0.2, 0) is 19.4 Å². The summed E-state index contributed by atoms with van der Waals surface area (Å²) in [5, 5.41) is 3.43. The maximum absolute atomic E-state index is 3.76. The molecule has 2 heteroatoms. The second kappa shape index (κ2) is 4.28. The van der Waals surface area contributed by atoms with E-state index in [-0.39, 0.29) is 0 Å². The first kappa shape index (κ1) is 9.94. The molecule has 1 N–H and O–H groups in total. The molecule has 0 radical (unpaired) electrons. The predicted molar refractivity (Wildman–Crippen MR) is 62.8 cm³/mol. The van der Waals surface area contributed by atoms with E-state index in [1.807, 2.05) is 17.4 Å². The molecule has 2 rings (SSSR count). The summed E-state index contributed by atoms with van der Waals surface area (Å²) >= 11 is 1.98. The van der Waals surface area contributed by atoms with Gasteiger partial charge in [0, 0.05) is 22.3 Å². The third-order valence-corrected chi connectivity index (χ3v) is 3.99. The van der Waals surface area contributed by atoms with E-state index in [1.165, 1.54) is 24.1 Å². The smallest absolute Gasteiger partial charge is 0.0305 e. The molecule has 0 aromatic carbocycles. The Morgan fingerprint density at radius 3 is 3.21 bits per heavy atom. The molecular formula is C12H17NS. The highest BCUT2D eigenvalue weighted by atomic mass is 32.1. The Morgan fingerprint density at radius 2 is 2.50 bits per heavy atom. The van der Waals surface area contributed by atoms with Gasteiger partial charge in [0.15, 0.2) is 0 Å². The van der Waals surface area contributed by atoms with Crippen LogP contribution in [0, 0.1) is 0 Å². The normalized spacial score (nSPS) is 16.6. The molecule has 1 atom stereocenters. The van der Waals surface area contributed by atoms with Crippen molar-refractivity contribution in [3.8, 4) is 0 Å². The molecule has 0 bridgehead atoms. The van der Waals surface area contributed by atoms with E-state index in [2.05, 4.69) is 24.9 Å². The predicted octanol–water partition coefficient (Wildman–Crippen LogP) is 2.90. The summed E-state index contributed by atoms with van der Waals surface area (Å²) in [4.78, 5) is 3.09. The number of thiophene rings is 1. The highest BCUT2D eigenvalue weighted by molar-refractivity contribution is 7.12. The Hall–Kier alpha value is -0.600. The molecule has 1 heterocycles. The zero-order valence-corrected chi connectivity index (χ0v) is 9.49. The highest BCUT2D eigenvalue weighted by Crippen LogP contribution is 2.30. The van der Waals surface area contributed by atoms with Crippen LogP contribution in [0.4, 0.5) is 0 Å². The Labute approximate surface area is 89.8 Å². The minimum Gasteiger partial charge on any atom is -0.306 e. The molecule has 1 aromatic rings. The summed E-state index contributed by atoms with van der Waals surface area (Å²) in [5.41, 5.74) is 1.60. The Kier molecular flexibility index (Phi) is 3.04. The third-order valence-electron chi connectivity index (χ3n) is 2.75. The molecular weight excluding hydrogens is 190 g/mol. The summed E-state index contributed by atoms with van der Waals surface area (Å²) in [6.45, 7) is 6.89. The summed E-state index contributed by atoms with van der Waals surface area (Å²) in [6.07, 6.45) is 5.90. The molecule has 14 heavy (non-hydrogen) atoms. The van der Waals surface area contributed by atoms with Crippen molar-refractivity contribution < 1.29 is 0 Å². The Morgan fingerprint density at radius 1 is 1.64 bits per heavy atom. The Bertz CT molecular complexity index is 306. The topological polar surface area (TPSA) is 12.0 Å². The fraction of sp³-hybridized carbons (Fsp3) is 0.500. The van der Waals surface area contributed by atoms with Gasteiger partial charge >= 0.3 is 0 Å². The van der Waals surface area contributed by atoms with E-state index < -0.39 is 0 Å². The molecule has 1 aliphatic rings. The number of fused-ring (bicyclic) bond motifs is 1. The maximum Gasteiger partial charge on any atom is 0.0305 e. The van der Waals surface area contributed by atoms with E-state index in [9.17, 15) is 0 Å². The van der Waals surface area contributed by atoms with E-state index in [0.29, 0.717) is 6.04 Å². The van der Waals surface area contributed by atoms with E-state index >= 15 is 0 Å². The van der Waals surface area contributed by atoms with Gasteiger partial charge in [-0.2, -0.15) is 0 Å². The van der Waals surface area contributed by atoms with Gasteiger partial charge in [-0.15, -0.1) is 17.9 Å². The highest BCUT2D eigenvalue weighted by Gasteiger charge is 2.14. The number of hydrogen-bond donors (Lipinski definition) is 1. The van der Waals surface area contributed by atoms with Crippen LogP contribution in [0.25, 0.3) is 0 Å².